The number of benzene rings is 1. The average molecular weight is 314 g/mol. The summed E-state index contributed by atoms with van der Waals surface area (Å²) in [5, 5.41) is 5.47. The van der Waals surface area contributed by atoms with E-state index in [-0.39, 0.29) is 24.2 Å². The maximum Gasteiger partial charge on any atom is 0.265 e. The Kier molecular flexibility index (Phi) is 5.20. The molecule has 0 aliphatic carbocycles. The second kappa shape index (κ2) is 6.32. The Morgan fingerprint density at radius 1 is 1.48 bits per heavy atom. The van der Waals surface area contributed by atoms with Crippen LogP contribution in [0.2, 0.25) is 0 Å². The van der Waals surface area contributed by atoms with E-state index < -0.39 is 11.6 Å². The number of amides is 2. The summed E-state index contributed by atoms with van der Waals surface area (Å²) >= 11 is 0. The van der Waals surface area contributed by atoms with Gasteiger partial charge in [0, 0.05) is 12.1 Å². The number of carbonyl (C=O) groups excluding carboxylic acids is 2. The second-order valence-corrected chi connectivity index (χ2v) is 5.60. The molecular weight excluding hydrogens is 294 g/mol. The zero-order chi connectivity index (χ0) is 14.9. The number of nitrogens with two attached hydrogens (primary N) is 1. The van der Waals surface area contributed by atoms with Gasteiger partial charge in [-0.3, -0.25) is 9.59 Å². The molecule has 0 bridgehead atoms. The highest BCUT2D eigenvalue weighted by molar-refractivity contribution is 6.03. The zero-order valence-corrected chi connectivity index (χ0v) is 13.0. The number of halogens is 1. The predicted molar refractivity (Wildman–Crippen MR) is 83.0 cm³/mol. The van der Waals surface area contributed by atoms with Crippen molar-refractivity contribution in [1.29, 1.82) is 0 Å². The van der Waals surface area contributed by atoms with Gasteiger partial charge >= 0.3 is 0 Å². The Bertz CT molecular complexity index is 555. The molecule has 1 aromatic carbocycles. The number of nitrogens with one attached hydrogen (secondary N) is 2. The summed E-state index contributed by atoms with van der Waals surface area (Å²) in [4.78, 5) is 23.7. The van der Waals surface area contributed by atoms with Crippen molar-refractivity contribution in [2.24, 2.45) is 5.73 Å². The number of anilines is 1. The third kappa shape index (κ3) is 4.09. The topological polar surface area (TPSA) is 93.4 Å². The minimum Gasteiger partial charge on any atom is -0.478 e. The molecule has 1 heterocycles. The van der Waals surface area contributed by atoms with E-state index in [1.54, 1.807) is 25.1 Å². The molecular formula is C14H20ClN3O3. The van der Waals surface area contributed by atoms with Gasteiger partial charge in [0.05, 0.1) is 11.3 Å². The molecule has 21 heavy (non-hydrogen) atoms. The molecule has 116 valence electrons. The number of fused-ring (bicyclic) bond motifs is 1. The van der Waals surface area contributed by atoms with Crippen LogP contribution in [-0.2, 0) is 4.79 Å². The predicted octanol–water partition coefficient (Wildman–Crippen LogP) is 1.29. The van der Waals surface area contributed by atoms with Crippen molar-refractivity contribution in [1.82, 2.24) is 5.32 Å². The maximum absolute atomic E-state index is 12.2. The molecule has 0 spiro atoms. The minimum atomic E-state index is -0.623. The van der Waals surface area contributed by atoms with Crippen LogP contribution in [0.1, 0.15) is 31.1 Å². The van der Waals surface area contributed by atoms with Crippen LogP contribution in [-0.4, -0.2) is 30.0 Å². The van der Waals surface area contributed by atoms with Crippen molar-refractivity contribution >= 4 is 29.9 Å². The van der Waals surface area contributed by atoms with Crippen molar-refractivity contribution < 1.29 is 14.3 Å². The van der Waals surface area contributed by atoms with Gasteiger partial charge in [-0.15, -0.1) is 12.4 Å². The highest BCUT2D eigenvalue weighted by Gasteiger charge is 2.27. The molecule has 2 rings (SSSR count). The van der Waals surface area contributed by atoms with Crippen molar-refractivity contribution in [3.63, 3.8) is 0 Å². The molecule has 6 nitrogen and oxygen atoms in total. The second-order valence-electron chi connectivity index (χ2n) is 5.60. The molecule has 0 aromatic heterocycles. The Balaban J connectivity index is 0.00000220. The van der Waals surface area contributed by atoms with Crippen molar-refractivity contribution in [3.8, 4) is 5.75 Å². The van der Waals surface area contributed by atoms with E-state index in [9.17, 15) is 9.59 Å². The lowest BCUT2D eigenvalue weighted by Crippen LogP contribution is -2.45. The van der Waals surface area contributed by atoms with Crippen molar-refractivity contribution in [2.45, 2.75) is 32.4 Å². The van der Waals surface area contributed by atoms with E-state index in [0.717, 1.165) is 0 Å². The first kappa shape index (κ1) is 17.3. The van der Waals surface area contributed by atoms with Gasteiger partial charge in [0.1, 0.15) is 0 Å². The van der Waals surface area contributed by atoms with E-state index in [1.807, 2.05) is 13.8 Å². The molecule has 0 saturated carbocycles. The quantitative estimate of drug-likeness (QED) is 0.784. The number of para-hydroxylation sites is 1. The first-order valence-corrected chi connectivity index (χ1v) is 6.45. The summed E-state index contributed by atoms with van der Waals surface area (Å²) in [7, 11) is 0. The summed E-state index contributed by atoms with van der Waals surface area (Å²) in [5.41, 5.74) is 6.24. The first-order valence-electron chi connectivity index (χ1n) is 6.45. The van der Waals surface area contributed by atoms with Gasteiger partial charge in [0.2, 0.25) is 0 Å². The lowest BCUT2D eigenvalue weighted by molar-refractivity contribution is -0.122. The molecule has 0 fully saturated rings. The summed E-state index contributed by atoms with van der Waals surface area (Å²) in [6, 6.07) is 5.05. The smallest absolute Gasteiger partial charge is 0.265 e. The Morgan fingerprint density at radius 2 is 2.14 bits per heavy atom. The fraction of sp³-hybridized carbons (Fsp3) is 0.429. The van der Waals surface area contributed by atoms with Gasteiger partial charge in [-0.05, 0) is 32.9 Å². The molecule has 7 heteroatoms. The Labute approximate surface area is 129 Å². The highest BCUT2D eigenvalue weighted by Crippen LogP contribution is 2.33. The van der Waals surface area contributed by atoms with Crippen LogP contribution in [0.4, 0.5) is 5.69 Å². The van der Waals surface area contributed by atoms with Crippen LogP contribution in [0.15, 0.2) is 18.2 Å². The lowest BCUT2D eigenvalue weighted by Gasteiger charge is -2.25. The third-order valence-electron chi connectivity index (χ3n) is 2.89. The van der Waals surface area contributed by atoms with Crippen LogP contribution in [0.5, 0.6) is 5.75 Å². The maximum atomic E-state index is 12.2. The third-order valence-corrected chi connectivity index (χ3v) is 2.89. The molecule has 1 aliphatic heterocycles. The van der Waals surface area contributed by atoms with Crippen LogP contribution in [0, 0.1) is 0 Å². The largest absolute Gasteiger partial charge is 0.478 e. The minimum absolute atomic E-state index is 0. The van der Waals surface area contributed by atoms with Crippen LogP contribution < -0.4 is 21.1 Å². The number of rotatable bonds is 3. The van der Waals surface area contributed by atoms with E-state index in [2.05, 4.69) is 10.6 Å². The number of ether oxygens (including phenoxy) is 1. The summed E-state index contributed by atoms with van der Waals surface area (Å²) in [5.74, 6) is -0.103. The normalized spacial score (nSPS) is 17.0. The average Bonchev–Trinajstić information content (AvgIpc) is 2.36. The molecule has 1 unspecified atom stereocenters. The van der Waals surface area contributed by atoms with Gasteiger partial charge in [-0.2, -0.15) is 0 Å². The van der Waals surface area contributed by atoms with Crippen LogP contribution >= 0.6 is 12.4 Å². The molecule has 4 N–H and O–H groups in total. The zero-order valence-electron chi connectivity index (χ0n) is 12.2. The highest BCUT2D eigenvalue weighted by atomic mass is 35.5. The fourth-order valence-electron chi connectivity index (χ4n) is 1.81. The number of carbonyl (C=O) groups is 2. The van der Waals surface area contributed by atoms with Crippen molar-refractivity contribution in [2.75, 3.05) is 11.9 Å². The molecule has 1 aromatic rings. The molecule has 2 amide bonds. The van der Waals surface area contributed by atoms with Gasteiger partial charge in [0.25, 0.3) is 11.8 Å². The monoisotopic (exact) mass is 313 g/mol. The van der Waals surface area contributed by atoms with Crippen molar-refractivity contribution in [3.05, 3.63) is 23.8 Å². The summed E-state index contributed by atoms with van der Waals surface area (Å²) in [6.07, 6.45) is -0.623. The SMILES string of the molecule is CC1Oc2c(cccc2C(=O)NCC(C)(C)N)NC1=O.Cl. The van der Waals surface area contributed by atoms with E-state index in [0.29, 0.717) is 23.5 Å². The molecule has 0 radical (unpaired) electrons. The van der Waals surface area contributed by atoms with Crippen LogP contribution in [0.25, 0.3) is 0 Å². The van der Waals surface area contributed by atoms with Gasteiger partial charge in [0.15, 0.2) is 11.9 Å². The molecule has 1 aliphatic rings. The summed E-state index contributed by atoms with van der Waals surface area (Å²) < 4.78 is 5.52. The van der Waals surface area contributed by atoms with E-state index in [4.69, 9.17) is 10.5 Å². The first-order chi connectivity index (χ1) is 9.28. The number of hydrogen-bond acceptors (Lipinski definition) is 4. The van der Waals surface area contributed by atoms with Gasteiger partial charge in [-0.25, -0.2) is 0 Å². The van der Waals surface area contributed by atoms with Gasteiger partial charge < -0.3 is 21.1 Å². The standard InChI is InChI=1S/C14H19N3O3.ClH/c1-8-12(18)17-10-6-4-5-9(11(10)20-8)13(19)16-7-14(2,3)15;/h4-6,8H,7,15H2,1-3H3,(H,16,19)(H,17,18);1H. The fourth-order valence-corrected chi connectivity index (χ4v) is 1.81. The lowest BCUT2D eigenvalue weighted by atomic mass is 10.1. The summed E-state index contributed by atoms with van der Waals surface area (Å²) in [6.45, 7) is 5.63. The molecule has 1 atom stereocenters. The number of hydrogen-bond donors (Lipinski definition) is 3. The van der Waals surface area contributed by atoms with Gasteiger partial charge in [-0.1, -0.05) is 6.07 Å². The Hall–Kier alpha value is -1.79. The van der Waals surface area contributed by atoms with E-state index >= 15 is 0 Å². The van der Waals surface area contributed by atoms with Crippen LogP contribution in [0.3, 0.4) is 0 Å². The molecule has 0 saturated heterocycles. The van der Waals surface area contributed by atoms with E-state index in [1.165, 1.54) is 0 Å². The Morgan fingerprint density at radius 3 is 2.76 bits per heavy atom.